The van der Waals surface area contributed by atoms with E-state index < -0.39 is 0 Å². The predicted octanol–water partition coefficient (Wildman–Crippen LogP) is 6.65. The number of fused-ring (bicyclic) bond motifs is 2. The van der Waals surface area contributed by atoms with Crippen molar-refractivity contribution in [2.24, 2.45) is 13.0 Å². The molecule has 0 saturated carbocycles. The number of carbonyl (C=O) groups excluding carboxylic acids is 1. The lowest BCUT2D eigenvalue weighted by Gasteiger charge is -2.36. The van der Waals surface area contributed by atoms with E-state index in [1.165, 1.54) is 31.5 Å². The molecule has 0 aliphatic carbocycles. The summed E-state index contributed by atoms with van der Waals surface area (Å²) in [6.45, 7) is 14.0. The number of piperazine rings is 1. The third kappa shape index (κ3) is 8.06. The molecule has 9 nitrogen and oxygen atoms in total. The van der Waals surface area contributed by atoms with E-state index in [1.54, 1.807) is 6.07 Å². The summed E-state index contributed by atoms with van der Waals surface area (Å²) >= 11 is 7.06. The summed E-state index contributed by atoms with van der Waals surface area (Å²) in [5, 5.41) is 18.6. The first-order valence-corrected chi connectivity index (χ1v) is 18.9. The zero-order valence-electron chi connectivity index (χ0n) is 30.9. The van der Waals surface area contributed by atoms with E-state index in [4.69, 9.17) is 26.5 Å². The highest BCUT2D eigenvalue weighted by Gasteiger charge is 2.27. The summed E-state index contributed by atoms with van der Waals surface area (Å²) in [7, 11) is 2.96. The number of piperidine rings is 1. The quantitative estimate of drug-likeness (QED) is 0.110. The van der Waals surface area contributed by atoms with Crippen LogP contribution in [-0.2, 0) is 20.0 Å². The van der Waals surface area contributed by atoms with Crippen molar-refractivity contribution in [3.8, 4) is 16.9 Å². The molecule has 2 saturated heterocycles. The molecule has 278 valence electrons. The SMILES string of the molecule is CO.Cc1nn(C)c(C)c1-c1c(Cl)ccc2c(CCCOc3cccc4cc(F)ccc34)c(C=O)n(CCN3CCC(CN4CCNCC4)CC3)c12. The minimum absolute atomic E-state index is 0.265. The summed E-state index contributed by atoms with van der Waals surface area (Å²) in [5.41, 5.74) is 6.64. The molecule has 0 radical (unpaired) electrons. The van der Waals surface area contributed by atoms with Crippen LogP contribution in [0, 0.1) is 25.6 Å². The van der Waals surface area contributed by atoms with Crippen LogP contribution in [-0.4, -0.2) is 102 Å². The molecule has 0 unspecified atom stereocenters. The lowest BCUT2D eigenvalue weighted by molar-refractivity contribution is 0.111. The number of rotatable bonds is 12. The number of carbonyl (C=O) groups is 1. The van der Waals surface area contributed by atoms with Crippen LogP contribution in [0.15, 0.2) is 48.5 Å². The molecule has 2 aliphatic heterocycles. The molecule has 0 amide bonds. The zero-order valence-corrected chi connectivity index (χ0v) is 31.7. The van der Waals surface area contributed by atoms with Gasteiger partial charge in [-0.2, -0.15) is 5.10 Å². The number of benzene rings is 3. The Labute approximate surface area is 311 Å². The fraction of sp³-hybridized carbons (Fsp3) is 0.463. The van der Waals surface area contributed by atoms with Crippen molar-refractivity contribution >= 4 is 39.6 Å². The maximum absolute atomic E-state index is 13.8. The van der Waals surface area contributed by atoms with Crippen molar-refractivity contribution in [2.45, 2.75) is 46.1 Å². The number of hydrogen-bond acceptors (Lipinski definition) is 7. The van der Waals surface area contributed by atoms with Crippen molar-refractivity contribution < 1.29 is 19.0 Å². The second kappa shape index (κ2) is 17.4. The monoisotopic (exact) mass is 730 g/mol. The van der Waals surface area contributed by atoms with E-state index in [1.807, 2.05) is 42.9 Å². The maximum Gasteiger partial charge on any atom is 0.166 e. The van der Waals surface area contributed by atoms with Crippen LogP contribution in [0.2, 0.25) is 5.02 Å². The first-order valence-electron chi connectivity index (χ1n) is 18.5. The van der Waals surface area contributed by atoms with Crippen molar-refractivity contribution in [2.75, 3.05) is 66.1 Å². The third-order valence-electron chi connectivity index (χ3n) is 10.9. The van der Waals surface area contributed by atoms with Gasteiger partial charge in [0.1, 0.15) is 11.6 Å². The molecule has 11 heteroatoms. The van der Waals surface area contributed by atoms with Gasteiger partial charge in [0, 0.05) is 87.6 Å². The van der Waals surface area contributed by atoms with E-state index in [9.17, 15) is 9.18 Å². The molecule has 2 fully saturated rings. The molecule has 5 aromatic rings. The number of likely N-dealkylation sites (tertiary alicyclic amines) is 1. The molecule has 0 spiro atoms. The Hall–Kier alpha value is -3.80. The van der Waals surface area contributed by atoms with Gasteiger partial charge in [-0.3, -0.25) is 9.48 Å². The Morgan fingerprint density at radius 2 is 1.73 bits per heavy atom. The van der Waals surface area contributed by atoms with E-state index in [0.717, 1.165) is 121 Å². The molecule has 52 heavy (non-hydrogen) atoms. The lowest BCUT2D eigenvalue weighted by atomic mass is 9.96. The van der Waals surface area contributed by atoms with Crippen LogP contribution in [0.3, 0.4) is 0 Å². The number of aliphatic hydroxyl groups is 1. The van der Waals surface area contributed by atoms with E-state index in [0.29, 0.717) is 36.7 Å². The standard InChI is InChI=1S/C40H48ClFN6O2.CH4O/c1-27-38(28(2)45(3)44-27)39-35(41)12-11-34-33(7-5-23-50-37-8-4-6-30-24-31(42)9-10-32(30)37)36(26-49)48(40(34)39)22-21-46-17-13-29(14-18-46)25-47-19-15-43-16-20-47;1-2/h4,6,8-12,24,26,29,43H,5,7,13-23,25H2,1-3H3;2H,1H3. The van der Waals surface area contributed by atoms with Crippen LogP contribution >= 0.6 is 11.6 Å². The number of aldehydes is 1. The van der Waals surface area contributed by atoms with Crippen molar-refractivity contribution in [3.05, 3.63) is 82.0 Å². The molecule has 2 N–H and O–H groups in total. The highest BCUT2D eigenvalue weighted by molar-refractivity contribution is 6.35. The fourth-order valence-electron chi connectivity index (χ4n) is 8.19. The van der Waals surface area contributed by atoms with Gasteiger partial charge in [-0.25, -0.2) is 4.39 Å². The molecule has 0 bridgehead atoms. The molecule has 2 aromatic heterocycles. The Kier molecular flexibility index (Phi) is 12.7. The van der Waals surface area contributed by atoms with Crippen molar-refractivity contribution in [1.82, 2.24) is 29.5 Å². The van der Waals surface area contributed by atoms with Crippen LogP contribution in [0.4, 0.5) is 4.39 Å². The second-order valence-electron chi connectivity index (χ2n) is 14.0. The number of nitrogens with one attached hydrogen (secondary N) is 1. The smallest absolute Gasteiger partial charge is 0.166 e. The summed E-state index contributed by atoms with van der Waals surface area (Å²) in [4.78, 5) is 18.2. The topological polar surface area (TPSA) is 87.8 Å². The number of nitrogens with zero attached hydrogens (tertiary/aromatic N) is 5. The summed E-state index contributed by atoms with van der Waals surface area (Å²) < 4.78 is 24.2. The first-order chi connectivity index (χ1) is 25.3. The number of aliphatic hydroxyl groups excluding tert-OH is 1. The van der Waals surface area contributed by atoms with Crippen molar-refractivity contribution in [1.29, 1.82) is 0 Å². The van der Waals surface area contributed by atoms with Gasteiger partial charge in [0.2, 0.25) is 0 Å². The van der Waals surface area contributed by atoms with Gasteiger partial charge in [0.25, 0.3) is 0 Å². The van der Waals surface area contributed by atoms with Crippen LogP contribution < -0.4 is 10.1 Å². The summed E-state index contributed by atoms with van der Waals surface area (Å²) in [6, 6.07) is 14.5. The van der Waals surface area contributed by atoms with Gasteiger partial charge in [0.05, 0.1) is 28.5 Å². The molecule has 4 heterocycles. The van der Waals surface area contributed by atoms with Crippen LogP contribution in [0.25, 0.3) is 32.8 Å². The number of aromatic nitrogens is 3. The number of aryl methyl sites for hydroxylation is 3. The fourth-order valence-corrected chi connectivity index (χ4v) is 8.44. The van der Waals surface area contributed by atoms with Gasteiger partial charge >= 0.3 is 0 Å². The highest BCUT2D eigenvalue weighted by atomic mass is 35.5. The minimum atomic E-state index is -0.265. The Morgan fingerprint density at radius 1 is 0.981 bits per heavy atom. The molecular weight excluding hydrogens is 679 g/mol. The van der Waals surface area contributed by atoms with Gasteiger partial charge in [-0.1, -0.05) is 29.8 Å². The van der Waals surface area contributed by atoms with Crippen LogP contribution in [0.5, 0.6) is 5.75 Å². The zero-order chi connectivity index (χ0) is 36.8. The average Bonchev–Trinajstić information content (AvgIpc) is 3.60. The van der Waals surface area contributed by atoms with Crippen LogP contribution in [0.1, 0.15) is 46.7 Å². The third-order valence-corrected chi connectivity index (χ3v) is 11.2. The highest BCUT2D eigenvalue weighted by Crippen LogP contribution is 2.42. The van der Waals surface area contributed by atoms with E-state index >= 15 is 0 Å². The van der Waals surface area contributed by atoms with Gasteiger partial charge < -0.3 is 29.5 Å². The second-order valence-corrected chi connectivity index (χ2v) is 14.4. The molecule has 7 rings (SSSR count). The van der Waals surface area contributed by atoms with E-state index in [-0.39, 0.29) is 5.82 Å². The minimum Gasteiger partial charge on any atom is -0.493 e. The predicted molar refractivity (Wildman–Crippen MR) is 208 cm³/mol. The Morgan fingerprint density at radius 3 is 2.44 bits per heavy atom. The Bertz CT molecular complexity index is 1990. The van der Waals surface area contributed by atoms with Gasteiger partial charge in [-0.15, -0.1) is 0 Å². The lowest BCUT2D eigenvalue weighted by Crippen LogP contribution is -2.47. The van der Waals surface area contributed by atoms with E-state index in [2.05, 4.69) is 32.7 Å². The Balaban J connectivity index is 0.00000228. The maximum atomic E-state index is 13.8. The number of halogens is 2. The molecule has 0 atom stereocenters. The largest absolute Gasteiger partial charge is 0.493 e. The summed E-state index contributed by atoms with van der Waals surface area (Å²) in [5.74, 6) is 1.21. The normalized spacial score (nSPS) is 16.0. The molecular formula is C41H52ClFN6O3. The average molecular weight is 731 g/mol. The first kappa shape index (κ1) is 37.9. The molecule has 2 aliphatic rings. The van der Waals surface area contributed by atoms with Gasteiger partial charge in [0.15, 0.2) is 6.29 Å². The summed E-state index contributed by atoms with van der Waals surface area (Å²) in [6.07, 6.45) is 4.81. The number of hydrogen-bond donors (Lipinski definition) is 2. The van der Waals surface area contributed by atoms with Crippen molar-refractivity contribution in [3.63, 3.8) is 0 Å². The number of ether oxygens (including phenoxy) is 1. The van der Waals surface area contributed by atoms with Gasteiger partial charge in [-0.05, 0) is 99.8 Å². The molecule has 3 aromatic carbocycles.